The van der Waals surface area contributed by atoms with Crippen LogP contribution in [0.4, 0.5) is 0 Å². The average molecular weight is 471 g/mol. The maximum Gasteiger partial charge on any atom is 0.227 e. The maximum absolute atomic E-state index is 12.6. The largest absolute Gasteiger partial charge is 0.463 e. The molecule has 0 saturated heterocycles. The van der Waals surface area contributed by atoms with Crippen LogP contribution in [0.3, 0.4) is 0 Å². The van der Waals surface area contributed by atoms with E-state index in [-0.39, 0.29) is 29.8 Å². The van der Waals surface area contributed by atoms with E-state index in [4.69, 9.17) is 9.15 Å². The van der Waals surface area contributed by atoms with Crippen LogP contribution in [0.1, 0.15) is 42.4 Å². The highest BCUT2D eigenvalue weighted by Crippen LogP contribution is 2.29. The predicted molar refractivity (Wildman–Crippen MR) is 138 cm³/mol. The van der Waals surface area contributed by atoms with E-state index in [0.717, 1.165) is 42.3 Å². The zero-order valence-electron chi connectivity index (χ0n) is 20.1. The summed E-state index contributed by atoms with van der Waals surface area (Å²) in [6.45, 7) is 4.82. The van der Waals surface area contributed by atoms with Crippen LogP contribution >= 0.6 is 0 Å². The van der Waals surface area contributed by atoms with Gasteiger partial charge in [0.05, 0.1) is 5.52 Å². The summed E-state index contributed by atoms with van der Waals surface area (Å²) < 4.78 is 16.0. The van der Waals surface area contributed by atoms with Crippen molar-refractivity contribution in [1.82, 2.24) is 9.13 Å². The monoisotopic (exact) mass is 470 g/mol. The van der Waals surface area contributed by atoms with Crippen LogP contribution in [0, 0.1) is 13.8 Å². The Morgan fingerprint density at radius 3 is 2.37 bits per heavy atom. The molecule has 0 amide bonds. The van der Waals surface area contributed by atoms with Crippen molar-refractivity contribution in [1.29, 1.82) is 0 Å². The first-order chi connectivity index (χ1) is 17.0. The van der Waals surface area contributed by atoms with E-state index in [2.05, 4.69) is 71.8 Å². The number of para-hydroxylation sites is 2. The molecule has 3 aromatic heterocycles. The number of aliphatic hydroxyl groups is 1. The van der Waals surface area contributed by atoms with Gasteiger partial charge in [-0.25, -0.2) is 0 Å². The van der Waals surface area contributed by atoms with Gasteiger partial charge in [-0.1, -0.05) is 36.4 Å². The standard InChI is InChI=1S/C29H30N2O4/c1-20-16-30(25-11-5-3-9-23(20)25)14-8-7-13-29(35-28-19-34-22(18-32)15-27(28)33)31-17-21(2)24-10-4-6-12-26(24)31/h3-6,9-12,15-17,19,29,32H,7-8,13-14,18H2,1-2H3. The van der Waals surface area contributed by atoms with E-state index >= 15 is 0 Å². The quantitative estimate of drug-likeness (QED) is 0.264. The molecule has 5 rings (SSSR count). The second kappa shape index (κ2) is 9.84. The molecule has 0 spiro atoms. The van der Waals surface area contributed by atoms with Crippen LogP contribution < -0.4 is 10.2 Å². The molecule has 5 aromatic rings. The van der Waals surface area contributed by atoms with Crippen LogP contribution in [-0.4, -0.2) is 14.2 Å². The molecule has 6 heteroatoms. The summed E-state index contributed by atoms with van der Waals surface area (Å²) in [6.07, 6.45) is 7.87. The first-order valence-corrected chi connectivity index (χ1v) is 12.0. The lowest BCUT2D eigenvalue weighted by molar-refractivity contribution is 0.117. The summed E-state index contributed by atoms with van der Waals surface area (Å²) in [6, 6.07) is 18.0. The van der Waals surface area contributed by atoms with Gasteiger partial charge in [-0.15, -0.1) is 0 Å². The normalized spacial score (nSPS) is 12.4. The molecule has 0 saturated carbocycles. The molecule has 2 aromatic carbocycles. The van der Waals surface area contributed by atoms with Gasteiger partial charge < -0.3 is 23.4 Å². The van der Waals surface area contributed by atoms with Gasteiger partial charge in [-0.3, -0.25) is 4.79 Å². The number of unbranched alkanes of at least 4 members (excludes halogenated alkanes) is 1. The highest BCUT2D eigenvalue weighted by atomic mass is 16.5. The minimum absolute atomic E-state index is 0.148. The van der Waals surface area contributed by atoms with Gasteiger partial charge in [-0.05, 0) is 49.9 Å². The van der Waals surface area contributed by atoms with Gasteiger partial charge >= 0.3 is 0 Å². The van der Waals surface area contributed by atoms with E-state index < -0.39 is 0 Å². The molecular weight excluding hydrogens is 440 g/mol. The van der Waals surface area contributed by atoms with Crippen molar-refractivity contribution in [2.75, 3.05) is 0 Å². The molecular formula is C29H30N2O4. The molecule has 180 valence electrons. The Hall–Kier alpha value is -3.77. The molecule has 0 aliphatic rings. The zero-order chi connectivity index (χ0) is 24.4. The summed E-state index contributed by atoms with van der Waals surface area (Å²) in [4.78, 5) is 12.6. The topological polar surface area (TPSA) is 69.5 Å². The second-order valence-electron chi connectivity index (χ2n) is 9.06. The number of hydrogen-bond acceptors (Lipinski definition) is 4. The molecule has 3 heterocycles. The van der Waals surface area contributed by atoms with Crippen molar-refractivity contribution >= 4 is 21.8 Å². The fraction of sp³-hybridized carbons (Fsp3) is 0.276. The summed E-state index contributed by atoms with van der Waals surface area (Å²) in [5, 5.41) is 11.7. The van der Waals surface area contributed by atoms with Crippen LogP contribution in [-0.2, 0) is 13.2 Å². The van der Waals surface area contributed by atoms with Crippen molar-refractivity contribution in [2.45, 2.75) is 52.5 Å². The Morgan fingerprint density at radius 2 is 1.63 bits per heavy atom. The maximum atomic E-state index is 12.6. The fourth-order valence-electron chi connectivity index (χ4n) is 4.84. The van der Waals surface area contributed by atoms with Gasteiger partial charge in [0.15, 0.2) is 6.23 Å². The van der Waals surface area contributed by atoms with Crippen molar-refractivity contribution in [3.63, 3.8) is 0 Å². The summed E-state index contributed by atoms with van der Waals surface area (Å²) in [5.74, 6) is 0.366. The summed E-state index contributed by atoms with van der Waals surface area (Å²) >= 11 is 0. The Balaban J connectivity index is 1.37. The smallest absolute Gasteiger partial charge is 0.227 e. The molecule has 6 nitrogen and oxygen atoms in total. The van der Waals surface area contributed by atoms with Gasteiger partial charge in [-0.2, -0.15) is 0 Å². The highest BCUT2D eigenvalue weighted by molar-refractivity contribution is 5.84. The van der Waals surface area contributed by atoms with Gasteiger partial charge in [0, 0.05) is 47.7 Å². The Bertz CT molecular complexity index is 1530. The second-order valence-corrected chi connectivity index (χ2v) is 9.06. The number of nitrogens with zero attached hydrogens (tertiary/aromatic N) is 2. The Morgan fingerprint density at radius 1 is 0.943 bits per heavy atom. The zero-order valence-corrected chi connectivity index (χ0v) is 20.1. The molecule has 0 radical (unpaired) electrons. The third kappa shape index (κ3) is 4.62. The molecule has 1 atom stereocenters. The highest BCUT2D eigenvalue weighted by Gasteiger charge is 2.19. The number of rotatable bonds is 9. The lowest BCUT2D eigenvalue weighted by Crippen LogP contribution is -2.19. The number of ether oxygens (including phenoxy) is 1. The van der Waals surface area contributed by atoms with E-state index in [1.807, 2.05) is 12.1 Å². The Kier molecular flexibility index (Phi) is 6.47. The Labute approximate surface area is 204 Å². The van der Waals surface area contributed by atoms with E-state index in [0.29, 0.717) is 0 Å². The lowest BCUT2D eigenvalue weighted by atomic mass is 10.2. The van der Waals surface area contributed by atoms with Gasteiger partial charge in [0.1, 0.15) is 18.6 Å². The first kappa shape index (κ1) is 23.0. The molecule has 0 aliphatic carbocycles. The van der Waals surface area contributed by atoms with E-state index in [1.165, 1.54) is 28.8 Å². The number of hydrogen-bond donors (Lipinski definition) is 1. The number of aryl methyl sites for hydroxylation is 3. The molecule has 0 fully saturated rings. The predicted octanol–water partition coefficient (Wildman–Crippen LogP) is 6.11. The van der Waals surface area contributed by atoms with Crippen LogP contribution in [0.15, 0.2) is 82.5 Å². The van der Waals surface area contributed by atoms with Crippen LogP contribution in [0.5, 0.6) is 5.75 Å². The summed E-state index contributed by atoms with van der Waals surface area (Å²) in [7, 11) is 0. The fourth-order valence-corrected chi connectivity index (χ4v) is 4.84. The number of fused-ring (bicyclic) bond motifs is 2. The van der Waals surface area contributed by atoms with Crippen molar-refractivity contribution in [2.24, 2.45) is 0 Å². The molecule has 1 unspecified atom stereocenters. The minimum atomic E-state index is -0.361. The molecule has 0 bridgehead atoms. The minimum Gasteiger partial charge on any atom is -0.463 e. The number of aromatic nitrogens is 2. The third-order valence-corrected chi connectivity index (χ3v) is 6.61. The number of benzene rings is 2. The van der Waals surface area contributed by atoms with Crippen LogP contribution in [0.25, 0.3) is 21.8 Å². The van der Waals surface area contributed by atoms with Crippen molar-refractivity contribution < 1.29 is 14.3 Å². The molecule has 0 aliphatic heterocycles. The van der Waals surface area contributed by atoms with Gasteiger partial charge in [0.25, 0.3) is 0 Å². The molecule has 1 N–H and O–H groups in total. The SMILES string of the molecule is Cc1cn(CCCCC(Oc2coc(CO)cc2=O)n2cc(C)c3ccccc32)c2ccccc12. The first-order valence-electron chi connectivity index (χ1n) is 12.0. The number of aliphatic hydroxyl groups excluding tert-OH is 1. The van der Waals surface area contributed by atoms with E-state index in [9.17, 15) is 9.90 Å². The van der Waals surface area contributed by atoms with Crippen molar-refractivity contribution in [3.8, 4) is 5.75 Å². The summed E-state index contributed by atoms with van der Waals surface area (Å²) in [5.41, 5.74) is 4.47. The lowest BCUT2D eigenvalue weighted by Gasteiger charge is -2.21. The molecule has 35 heavy (non-hydrogen) atoms. The van der Waals surface area contributed by atoms with Crippen LogP contribution in [0.2, 0.25) is 0 Å². The average Bonchev–Trinajstić information content (AvgIpc) is 3.39. The van der Waals surface area contributed by atoms with E-state index in [1.54, 1.807) is 0 Å². The van der Waals surface area contributed by atoms with Gasteiger partial charge in [0.2, 0.25) is 11.2 Å². The third-order valence-electron chi connectivity index (χ3n) is 6.61. The van der Waals surface area contributed by atoms with Crippen molar-refractivity contribution in [3.05, 3.63) is 100 Å².